The van der Waals surface area contributed by atoms with E-state index in [1.54, 1.807) is 6.07 Å². The Morgan fingerprint density at radius 1 is 1.31 bits per heavy atom. The molecule has 2 amide bonds. The quantitative estimate of drug-likeness (QED) is 0.408. The number of benzene rings is 2. The number of nitrogens with zero attached hydrogens (tertiary/aromatic N) is 3. The average Bonchev–Trinajstić information content (AvgIpc) is 2.70. The van der Waals surface area contributed by atoms with Crippen molar-refractivity contribution in [2.75, 3.05) is 18.1 Å². The monoisotopic (exact) mass is 408 g/mol. The second-order valence-corrected chi connectivity index (χ2v) is 6.95. The van der Waals surface area contributed by atoms with E-state index in [2.05, 4.69) is 15.5 Å². The molecule has 8 heteroatoms. The lowest BCUT2D eigenvalue weighted by atomic mass is 10.1. The summed E-state index contributed by atoms with van der Waals surface area (Å²) in [7, 11) is 0. The van der Waals surface area contributed by atoms with Gasteiger partial charge in [-0.2, -0.15) is 5.10 Å². The van der Waals surface area contributed by atoms with E-state index in [0.29, 0.717) is 17.0 Å². The van der Waals surface area contributed by atoms with Gasteiger partial charge in [-0.1, -0.05) is 35.9 Å². The third kappa shape index (κ3) is 4.05. The molecule has 0 unspecified atom stereocenters. The molecular formula is C21H17ClN4O3. The SMILES string of the molecule is Cc1ccc2c(c1)N(CC(=O)N/N=C/c1cc3ccccc3nc1Cl)C(=O)CO2. The zero-order valence-corrected chi connectivity index (χ0v) is 16.3. The van der Waals surface area contributed by atoms with Crippen LogP contribution in [0.1, 0.15) is 11.1 Å². The zero-order chi connectivity index (χ0) is 20.4. The van der Waals surface area contributed by atoms with Crippen molar-refractivity contribution in [1.82, 2.24) is 10.4 Å². The Bertz CT molecular complexity index is 1150. The molecule has 0 bridgehead atoms. The summed E-state index contributed by atoms with van der Waals surface area (Å²) in [5, 5.41) is 5.15. The molecule has 29 heavy (non-hydrogen) atoms. The second-order valence-electron chi connectivity index (χ2n) is 6.59. The first-order valence-corrected chi connectivity index (χ1v) is 9.30. The Hall–Kier alpha value is -3.45. The number of carbonyl (C=O) groups excluding carboxylic acids is 2. The number of rotatable bonds is 4. The number of pyridine rings is 1. The van der Waals surface area contributed by atoms with Gasteiger partial charge in [0.15, 0.2) is 6.61 Å². The third-order valence-corrected chi connectivity index (χ3v) is 4.76. The first-order valence-electron chi connectivity index (χ1n) is 8.92. The molecule has 0 radical (unpaired) electrons. The largest absolute Gasteiger partial charge is 0.482 e. The van der Waals surface area contributed by atoms with Crippen molar-refractivity contribution in [3.8, 4) is 5.75 Å². The van der Waals surface area contributed by atoms with E-state index < -0.39 is 5.91 Å². The highest BCUT2D eigenvalue weighted by Gasteiger charge is 2.27. The molecule has 0 saturated heterocycles. The van der Waals surface area contributed by atoms with Gasteiger partial charge in [0.05, 0.1) is 17.4 Å². The molecule has 4 rings (SSSR count). The van der Waals surface area contributed by atoms with Crippen molar-refractivity contribution in [3.63, 3.8) is 0 Å². The summed E-state index contributed by atoms with van der Waals surface area (Å²) in [5.74, 6) is -0.154. The maximum absolute atomic E-state index is 12.3. The second kappa shape index (κ2) is 7.89. The number of halogens is 1. The van der Waals surface area contributed by atoms with E-state index >= 15 is 0 Å². The number of fused-ring (bicyclic) bond motifs is 2. The normalized spacial score (nSPS) is 13.4. The number of anilines is 1. The minimum atomic E-state index is -0.436. The summed E-state index contributed by atoms with van der Waals surface area (Å²) in [5.41, 5.74) is 5.32. The van der Waals surface area contributed by atoms with Crippen molar-refractivity contribution in [1.29, 1.82) is 0 Å². The number of amides is 2. The van der Waals surface area contributed by atoms with Gasteiger partial charge in [0.1, 0.15) is 17.4 Å². The first-order chi connectivity index (χ1) is 14.0. The number of carbonyl (C=O) groups is 2. The number of hydrogen-bond acceptors (Lipinski definition) is 5. The maximum Gasteiger partial charge on any atom is 0.265 e. The summed E-state index contributed by atoms with van der Waals surface area (Å²) in [4.78, 5) is 30.3. The number of aromatic nitrogens is 1. The minimum Gasteiger partial charge on any atom is -0.482 e. The number of hydrogen-bond donors (Lipinski definition) is 1. The van der Waals surface area contributed by atoms with Crippen LogP contribution in [-0.2, 0) is 9.59 Å². The van der Waals surface area contributed by atoms with Crippen LogP contribution in [-0.4, -0.2) is 36.2 Å². The summed E-state index contributed by atoms with van der Waals surface area (Å²) in [6, 6.07) is 14.9. The Morgan fingerprint density at radius 3 is 3.00 bits per heavy atom. The van der Waals surface area contributed by atoms with Crippen molar-refractivity contribution < 1.29 is 14.3 Å². The molecule has 1 aromatic heterocycles. The fourth-order valence-electron chi connectivity index (χ4n) is 3.04. The van der Waals surface area contributed by atoms with E-state index in [-0.39, 0.29) is 24.2 Å². The van der Waals surface area contributed by atoms with Crippen LogP contribution in [0.3, 0.4) is 0 Å². The van der Waals surface area contributed by atoms with Gasteiger partial charge in [0, 0.05) is 10.9 Å². The van der Waals surface area contributed by atoms with E-state index in [1.807, 2.05) is 49.4 Å². The lowest BCUT2D eigenvalue weighted by Crippen LogP contribution is -2.44. The van der Waals surface area contributed by atoms with Gasteiger partial charge in [-0.25, -0.2) is 10.4 Å². The van der Waals surface area contributed by atoms with Crippen LogP contribution in [0.5, 0.6) is 5.75 Å². The third-order valence-electron chi connectivity index (χ3n) is 4.46. The molecule has 1 aliphatic heterocycles. The smallest absolute Gasteiger partial charge is 0.265 e. The molecule has 0 atom stereocenters. The topological polar surface area (TPSA) is 83.9 Å². The predicted octanol–water partition coefficient (Wildman–Crippen LogP) is 3.07. The summed E-state index contributed by atoms with van der Waals surface area (Å²) in [6.07, 6.45) is 1.43. The average molecular weight is 409 g/mol. The number of hydrazone groups is 1. The fourth-order valence-corrected chi connectivity index (χ4v) is 3.23. The van der Waals surface area contributed by atoms with E-state index in [4.69, 9.17) is 16.3 Å². The van der Waals surface area contributed by atoms with Gasteiger partial charge in [0.2, 0.25) is 0 Å². The Balaban J connectivity index is 1.46. The molecule has 3 aromatic rings. The van der Waals surface area contributed by atoms with Crippen LogP contribution < -0.4 is 15.1 Å². The maximum atomic E-state index is 12.3. The van der Waals surface area contributed by atoms with E-state index in [0.717, 1.165) is 16.5 Å². The van der Waals surface area contributed by atoms with Gasteiger partial charge in [-0.15, -0.1) is 0 Å². The minimum absolute atomic E-state index is 0.106. The Kier molecular flexibility index (Phi) is 5.14. The summed E-state index contributed by atoms with van der Waals surface area (Å²) >= 11 is 6.18. The van der Waals surface area contributed by atoms with E-state index in [1.165, 1.54) is 11.1 Å². The summed E-state index contributed by atoms with van der Waals surface area (Å²) in [6.45, 7) is 1.63. The molecule has 0 fully saturated rings. The molecule has 1 N–H and O–H groups in total. The van der Waals surface area contributed by atoms with Gasteiger partial charge < -0.3 is 4.74 Å². The van der Waals surface area contributed by atoms with Crippen LogP contribution in [0, 0.1) is 6.92 Å². The number of nitrogens with one attached hydrogen (secondary N) is 1. The zero-order valence-electron chi connectivity index (χ0n) is 15.6. The molecular weight excluding hydrogens is 392 g/mol. The number of ether oxygens (including phenoxy) is 1. The highest BCUT2D eigenvalue weighted by atomic mass is 35.5. The molecule has 1 aliphatic rings. The van der Waals surface area contributed by atoms with E-state index in [9.17, 15) is 9.59 Å². The molecule has 2 heterocycles. The lowest BCUT2D eigenvalue weighted by molar-refractivity contribution is -0.125. The van der Waals surface area contributed by atoms with Gasteiger partial charge in [-0.05, 0) is 36.8 Å². The van der Waals surface area contributed by atoms with Crippen LogP contribution in [0.2, 0.25) is 5.15 Å². The van der Waals surface area contributed by atoms with Gasteiger partial charge >= 0.3 is 0 Å². The number of para-hydroxylation sites is 1. The molecule has 0 spiro atoms. The molecule has 7 nitrogen and oxygen atoms in total. The van der Waals surface area contributed by atoms with Gasteiger partial charge in [-0.3, -0.25) is 14.5 Å². The van der Waals surface area contributed by atoms with Crippen molar-refractivity contribution in [2.24, 2.45) is 5.10 Å². The van der Waals surface area contributed by atoms with Crippen molar-refractivity contribution >= 4 is 46.2 Å². The standard InChI is InChI=1S/C21H17ClN4O3/c1-13-6-7-18-17(8-13)26(20(28)12-29-18)11-19(27)25-23-10-15-9-14-4-2-3-5-16(14)24-21(15)22/h2-10H,11-12H2,1H3,(H,25,27)/b23-10+. The van der Waals surface area contributed by atoms with Crippen LogP contribution >= 0.6 is 11.6 Å². The molecule has 146 valence electrons. The van der Waals surface area contributed by atoms with Crippen LogP contribution in [0.25, 0.3) is 10.9 Å². The Morgan fingerprint density at radius 2 is 2.14 bits per heavy atom. The fraction of sp³-hybridized carbons (Fsp3) is 0.143. The van der Waals surface area contributed by atoms with Gasteiger partial charge in [0.25, 0.3) is 11.8 Å². The molecule has 0 aliphatic carbocycles. The van der Waals surface area contributed by atoms with Crippen LogP contribution in [0.15, 0.2) is 53.6 Å². The summed E-state index contributed by atoms with van der Waals surface area (Å²) < 4.78 is 5.42. The lowest BCUT2D eigenvalue weighted by Gasteiger charge is -2.28. The molecule has 0 saturated carbocycles. The van der Waals surface area contributed by atoms with Crippen LogP contribution in [0.4, 0.5) is 5.69 Å². The Labute approximate surface area is 171 Å². The molecule has 2 aromatic carbocycles. The first kappa shape index (κ1) is 18.9. The highest BCUT2D eigenvalue weighted by Crippen LogP contribution is 2.32. The number of aryl methyl sites for hydroxylation is 1. The predicted molar refractivity (Wildman–Crippen MR) is 112 cm³/mol. The highest BCUT2D eigenvalue weighted by molar-refractivity contribution is 6.32. The van der Waals surface area contributed by atoms with Crippen molar-refractivity contribution in [3.05, 3.63) is 64.8 Å². The van der Waals surface area contributed by atoms with Crippen molar-refractivity contribution in [2.45, 2.75) is 6.92 Å².